The van der Waals surface area contributed by atoms with E-state index >= 15 is 0 Å². The zero-order chi connectivity index (χ0) is 24.5. The van der Waals surface area contributed by atoms with Crippen molar-refractivity contribution in [1.29, 1.82) is 5.26 Å². The van der Waals surface area contributed by atoms with Gasteiger partial charge in [-0.2, -0.15) is 5.26 Å². The van der Waals surface area contributed by atoms with Crippen LogP contribution in [0, 0.1) is 11.3 Å². The van der Waals surface area contributed by atoms with Gasteiger partial charge in [0.05, 0.1) is 47.2 Å². The second-order valence-electron chi connectivity index (χ2n) is 8.92. The number of hydrogen-bond acceptors (Lipinski definition) is 5. The normalized spacial score (nSPS) is 17.9. The van der Waals surface area contributed by atoms with Gasteiger partial charge >= 0.3 is 0 Å². The van der Waals surface area contributed by atoms with E-state index in [-0.39, 0.29) is 12.2 Å². The number of pyridine rings is 1. The van der Waals surface area contributed by atoms with E-state index in [1.54, 1.807) is 7.11 Å². The summed E-state index contributed by atoms with van der Waals surface area (Å²) in [6, 6.07) is 21.9. The summed E-state index contributed by atoms with van der Waals surface area (Å²) < 4.78 is 11.8. The van der Waals surface area contributed by atoms with Crippen molar-refractivity contribution in [3.05, 3.63) is 77.4 Å². The van der Waals surface area contributed by atoms with Crippen LogP contribution >= 0.6 is 11.6 Å². The first-order valence-corrected chi connectivity index (χ1v) is 12.0. The maximum atomic E-state index is 9.12. The molecule has 35 heavy (non-hydrogen) atoms. The van der Waals surface area contributed by atoms with Crippen LogP contribution in [-0.4, -0.2) is 37.4 Å². The third-order valence-corrected chi connectivity index (χ3v) is 6.70. The molecule has 0 bridgehead atoms. The van der Waals surface area contributed by atoms with Crippen LogP contribution in [0.5, 0.6) is 5.75 Å². The number of aromatic nitrogens is 1. The largest absolute Gasteiger partial charge is 0.495 e. The number of benzene rings is 3. The monoisotopic (exact) mass is 483 g/mol. The molecule has 0 unspecified atom stereocenters. The zero-order valence-corrected chi connectivity index (χ0v) is 20.7. The van der Waals surface area contributed by atoms with Gasteiger partial charge in [-0.25, -0.2) is 0 Å². The van der Waals surface area contributed by atoms with Crippen LogP contribution in [0.1, 0.15) is 19.4 Å². The average Bonchev–Trinajstić information content (AvgIpc) is 2.87. The molecule has 1 aliphatic heterocycles. The quantitative estimate of drug-likeness (QED) is 0.322. The first kappa shape index (κ1) is 23.2. The molecule has 2 atom stereocenters. The van der Waals surface area contributed by atoms with Gasteiger partial charge in [0.15, 0.2) is 0 Å². The molecule has 4 aromatic rings. The molecule has 5 nitrogen and oxygen atoms in total. The fourth-order valence-electron chi connectivity index (χ4n) is 4.89. The fraction of sp³-hybridized carbons (Fsp3) is 0.241. The molecule has 1 aliphatic rings. The van der Waals surface area contributed by atoms with Gasteiger partial charge < -0.3 is 14.4 Å². The number of anilines is 1. The standard InChI is InChI=1S/C29H26ClN3O2/c1-18-16-33(17-19(2)35-18)27-12-11-22(13-26(27)30)25-15-32-28-23(5-4-6-24(28)29(25)34-3)21-9-7-20(14-31)8-10-21/h4-13,15,18-19H,16-17H2,1-3H3/t18-,19+. The topological polar surface area (TPSA) is 58.4 Å². The molecule has 5 rings (SSSR count). The summed E-state index contributed by atoms with van der Waals surface area (Å²) in [6.45, 7) is 5.79. The lowest BCUT2D eigenvalue weighted by atomic mass is 9.98. The Hall–Kier alpha value is -3.59. The summed E-state index contributed by atoms with van der Waals surface area (Å²) in [5, 5.41) is 10.7. The molecule has 0 N–H and O–H groups in total. The molecule has 1 aromatic heterocycles. The highest BCUT2D eigenvalue weighted by Gasteiger charge is 2.24. The molecule has 0 saturated carbocycles. The summed E-state index contributed by atoms with van der Waals surface area (Å²) in [4.78, 5) is 7.11. The predicted octanol–water partition coefficient (Wildman–Crippen LogP) is 6.72. The minimum atomic E-state index is 0.157. The Morgan fingerprint density at radius 3 is 2.37 bits per heavy atom. The van der Waals surface area contributed by atoms with Crippen molar-refractivity contribution >= 4 is 28.2 Å². The van der Waals surface area contributed by atoms with Gasteiger partial charge in [0, 0.05) is 35.8 Å². The summed E-state index contributed by atoms with van der Waals surface area (Å²) in [5.74, 6) is 0.753. The van der Waals surface area contributed by atoms with Crippen LogP contribution in [0.25, 0.3) is 33.2 Å². The van der Waals surface area contributed by atoms with Gasteiger partial charge in [0.25, 0.3) is 0 Å². The number of hydrogen-bond donors (Lipinski definition) is 0. The summed E-state index contributed by atoms with van der Waals surface area (Å²) in [7, 11) is 1.68. The number of halogens is 1. The number of fused-ring (bicyclic) bond motifs is 1. The van der Waals surface area contributed by atoms with Crippen molar-refractivity contribution in [2.45, 2.75) is 26.1 Å². The van der Waals surface area contributed by atoms with Crippen LogP contribution in [0.15, 0.2) is 66.9 Å². The van der Waals surface area contributed by atoms with Gasteiger partial charge in [-0.1, -0.05) is 41.9 Å². The molecule has 0 amide bonds. The number of para-hydroxylation sites is 1. The van der Waals surface area contributed by atoms with Crippen molar-refractivity contribution < 1.29 is 9.47 Å². The first-order chi connectivity index (χ1) is 17.0. The molecule has 1 saturated heterocycles. The summed E-state index contributed by atoms with van der Waals surface area (Å²) in [6.07, 6.45) is 2.16. The number of nitrogens with zero attached hydrogens (tertiary/aromatic N) is 3. The number of rotatable bonds is 4. The number of ether oxygens (including phenoxy) is 2. The van der Waals surface area contributed by atoms with Gasteiger partial charge in [0.1, 0.15) is 5.75 Å². The van der Waals surface area contributed by atoms with Crippen molar-refractivity contribution in [3.8, 4) is 34.1 Å². The summed E-state index contributed by atoms with van der Waals surface area (Å²) >= 11 is 6.79. The van der Waals surface area contributed by atoms with Crippen LogP contribution in [-0.2, 0) is 4.74 Å². The van der Waals surface area contributed by atoms with Crippen LogP contribution in [0.2, 0.25) is 5.02 Å². The minimum Gasteiger partial charge on any atom is -0.495 e. The Morgan fingerprint density at radius 1 is 1.00 bits per heavy atom. The highest BCUT2D eigenvalue weighted by molar-refractivity contribution is 6.33. The van der Waals surface area contributed by atoms with Crippen LogP contribution in [0.3, 0.4) is 0 Å². The van der Waals surface area contributed by atoms with Gasteiger partial charge in [-0.05, 0) is 55.3 Å². The maximum Gasteiger partial charge on any atom is 0.137 e. The maximum absolute atomic E-state index is 9.12. The lowest BCUT2D eigenvalue weighted by molar-refractivity contribution is -0.00520. The predicted molar refractivity (Wildman–Crippen MR) is 141 cm³/mol. The molecule has 0 aliphatic carbocycles. The van der Waals surface area contributed by atoms with Gasteiger partial charge in [-0.15, -0.1) is 0 Å². The molecule has 1 fully saturated rings. The van der Waals surface area contributed by atoms with E-state index in [4.69, 9.17) is 31.3 Å². The van der Waals surface area contributed by atoms with E-state index in [2.05, 4.69) is 36.9 Å². The Labute approximate surface area is 210 Å². The molecule has 3 aromatic carbocycles. The van der Waals surface area contributed by atoms with Gasteiger partial charge in [-0.3, -0.25) is 4.98 Å². The van der Waals surface area contributed by atoms with E-state index < -0.39 is 0 Å². The van der Waals surface area contributed by atoms with Crippen molar-refractivity contribution in [2.75, 3.05) is 25.1 Å². The SMILES string of the molecule is COc1c(-c2ccc(N3C[C@@H](C)O[C@@H](C)C3)c(Cl)c2)cnc2c(-c3ccc(C#N)cc3)cccc12. The van der Waals surface area contributed by atoms with Gasteiger partial charge in [0.2, 0.25) is 0 Å². The van der Waals surface area contributed by atoms with Crippen molar-refractivity contribution in [1.82, 2.24) is 4.98 Å². The number of morpholine rings is 1. The first-order valence-electron chi connectivity index (χ1n) is 11.6. The van der Waals surface area contributed by atoms with Crippen molar-refractivity contribution in [2.24, 2.45) is 0 Å². The fourth-order valence-corrected chi connectivity index (χ4v) is 5.19. The lowest BCUT2D eigenvalue weighted by Crippen LogP contribution is -2.45. The molecular formula is C29H26ClN3O2. The molecule has 0 radical (unpaired) electrons. The second kappa shape index (κ2) is 9.58. The van der Waals surface area contributed by atoms with E-state index in [1.165, 1.54) is 0 Å². The Kier molecular flexibility index (Phi) is 6.34. The molecular weight excluding hydrogens is 458 g/mol. The van der Waals surface area contributed by atoms with E-state index in [0.717, 1.165) is 57.7 Å². The highest BCUT2D eigenvalue weighted by atomic mass is 35.5. The third-order valence-electron chi connectivity index (χ3n) is 6.40. The summed E-state index contributed by atoms with van der Waals surface area (Å²) in [5.41, 5.74) is 6.30. The minimum absolute atomic E-state index is 0.157. The molecule has 0 spiro atoms. The zero-order valence-electron chi connectivity index (χ0n) is 20.0. The smallest absolute Gasteiger partial charge is 0.137 e. The number of nitriles is 1. The lowest BCUT2D eigenvalue weighted by Gasteiger charge is -2.37. The van der Waals surface area contributed by atoms with E-state index in [0.29, 0.717) is 10.6 Å². The van der Waals surface area contributed by atoms with E-state index in [9.17, 15) is 0 Å². The molecule has 6 heteroatoms. The van der Waals surface area contributed by atoms with Crippen molar-refractivity contribution in [3.63, 3.8) is 0 Å². The Balaban J connectivity index is 1.56. The average molecular weight is 484 g/mol. The van der Waals surface area contributed by atoms with Crippen LogP contribution < -0.4 is 9.64 Å². The third kappa shape index (κ3) is 4.43. The van der Waals surface area contributed by atoms with E-state index in [1.807, 2.05) is 54.7 Å². The molecule has 2 heterocycles. The molecule has 176 valence electrons. The second-order valence-corrected chi connectivity index (χ2v) is 9.33. The highest BCUT2D eigenvalue weighted by Crippen LogP contribution is 2.41. The van der Waals surface area contributed by atoms with Crippen LogP contribution in [0.4, 0.5) is 5.69 Å². The Morgan fingerprint density at radius 2 is 1.71 bits per heavy atom. The number of methoxy groups -OCH3 is 1. The Bertz CT molecular complexity index is 1420.